The van der Waals surface area contributed by atoms with E-state index in [0.717, 1.165) is 37.9 Å². The van der Waals surface area contributed by atoms with Crippen LogP contribution in [0.2, 0.25) is 0 Å². The van der Waals surface area contributed by atoms with Gasteiger partial charge in [-0.25, -0.2) is 4.98 Å². The number of rotatable bonds is 15. The quantitative estimate of drug-likeness (QED) is 0.257. The van der Waals surface area contributed by atoms with Crippen LogP contribution in [0.3, 0.4) is 0 Å². The van der Waals surface area contributed by atoms with Crippen LogP contribution in [-0.4, -0.2) is 37.9 Å². The van der Waals surface area contributed by atoms with E-state index >= 15 is 0 Å². The first-order valence-electron chi connectivity index (χ1n) is 10.9. The van der Waals surface area contributed by atoms with Crippen LogP contribution in [0.4, 0.5) is 0 Å². The molecule has 0 saturated carbocycles. The molecule has 0 aromatic carbocycles. The van der Waals surface area contributed by atoms with Gasteiger partial charge in [-0.15, -0.1) is 0 Å². The highest BCUT2D eigenvalue weighted by atomic mass is 32.2. The van der Waals surface area contributed by atoms with Crippen LogP contribution < -0.4 is 5.56 Å². The normalized spacial score (nSPS) is 11.2. The molecule has 29 heavy (non-hydrogen) atoms. The van der Waals surface area contributed by atoms with Crippen LogP contribution in [0.15, 0.2) is 16.0 Å². The fourth-order valence-electron chi connectivity index (χ4n) is 3.03. The van der Waals surface area contributed by atoms with Gasteiger partial charge in [-0.05, 0) is 12.8 Å². The lowest BCUT2D eigenvalue weighted by Crippen LogP contribution is -2.18. The second kappa shape index (κ2) is 13.4. The molecule has 2 heterocycles. The van der Waals surface area contributed by atoms with E-state index < -0.39 is 0 Å². The molecule has 0 aliphatic heterocycles. The number of nitrogens with zero attached hydrogens (tertiary/aromatic N) is 3. The number of carbonyl (C=O) groups excluding carboxylic acids is 1. The van der Waals surface area contributed by atoms with Crippen molar-refractivity contribution in [1.82, 2.24) is 19.6 Å². The van der Waals surface area contributed by atoms with Crippen molar-refractivity contribution in [2.24, 2.45) is 0 Å². The average Bonchev–Trinajstić information content (AvgIpc) is 3.10. The molecule has 0 spiro atoms. The predicted molar refractivity (Wildman–Crippen MR) is 117 cm³/mol. The summed E-state index contributed by atoms with van der Waals surface area (Å²) in [4.78, 5) is 33.0. The predicted octanol–water partition coefficient (Wildman–Crippen LogP) is 4.54. The minimum atomic E-state index is -0.356. The number of ether oxygens (including phenoxy) is 1. The topological polar surface area (TPSA) is 89.3 Å². The molecule has 0 bridgehead atoms. The van der Waals surface area contributed by atoms with Gasteiger partial charge < -0.3 is 4.74 Å². The van der Waals surface area contributed by atoms with Gasteiger partial charge in [0.2, 0.25) is 0 Å². The zero-order valence-electron chi connectivity index (χ0n) is 17.7. The van der Waals surface area contributed by atoms with Crippen molar-refractivity contribution in [3.05, 3.63) is 22.1 Å². The molecule has 1 N–H and O–H groups in total. The monoisotopic (exact) mass is 422 g/mol. The zero-order chi connectivity index (χ0) is 20.9. The Morgan fingerprint density at radius 1 is 1.03 bits per heavy atom. The molecule has 0 atom stereocenters. The van der Waals surface area contributed by atoms with Crippen molar-refractivity contribution in [3.63, 3.8) is 0 Å². The third-order valence-corrected chi connectivity index (χ3v) is 5.63. The third-order valence-electron chi connectivity index (χ3n) is 4.69. The fraction of sp³-hybridized carbons (Fsp3) is 0.714. The number of unbranched alkanes of at least 4 members (excludes halogenated alkanes) is 8. The lowest BCUT2D eigenvalue weighted by molar-refractivity contribution is -0.143. The van der Waals surface area contributed by atoms with Crippen LogP contribution in [0.25, 0.3) is 5.78 Å². The summed E-state index contributed by atoms with van der Waals surface area (Å²) < 4.78 is 6.55. The van der Waals surface area contributed by atoms with Crippen molar-refractivity contribution in [2.45, 2.75) is 89.6 Å². The number of nitrogens with one attached hydrogen (secondary N) is 1. The van der Waals surface area contributed by atoms with Crippen molar-refractivity contribution >= 4 is 23.5 Å². The van der Waals surface area contributed by atoms with Crippen LogP contribution >= 0.6 is 11.8 Å². The van der Waals surface area contributed by atoms with E-state index in [1.165, 1.54) is 42.7 Å². The standard InChI is InChI=1S/C21H34N4O3S/c1-3-5-7-9-10-12-14-29-21-23-20-22-17(15-18(26)25(20)24-21)16-19(27)28-13-11-8-6-4-2/h15H,3-14,16H2,1-2H3,(H,22,23,24). The number of hydrogen-bond donors (Lipinski definition) is 1. The second-order valence-corrected chi connectivity index (χ2v) is 8.41. The van der Waals surface area contributed by atoms with Crippen LogP contribution in [0.1, 0.15) is 83.7 Å². The van der Waals surface area contributed by atoms with Crippen LogP contribution in [-0.2, 0) is 16.0 Å². The number of aromatic nitrogens is 4. The molecular weight excluding hydrogens is 388 g/mol. The maximum atomic E-state index is 12.3. The summed E-state index contributed by atoms with van der Waals surface area (Å²) in [5, 5.41) is 3.67. The SMILES string of the molecule is CCCCCCCCSc1nc2nc(CC(=O)OCCCCCC)cc(=O)n2[nH]1. The summed E-state index contributed by atoms with van der Waals surface area (Å²) in [5.41, 5.74) is 0.132. The molecule has 0 fully saturated rings. The molecule has 0 radical (unpaired) electrons. The Kier molecular flexibility index (Phi) is 10.8. The molecule has 7 nitrogen and oxygen atoms in total. The molecule has 0 aliphatic carbocycles. The highest BCUT2D eigenvalue weighted by Gasteiger charge is 2.12. The van der Waals surface area contributed by atoms with Gasteiger partial charge in [0.1, 0.15) is 0 Å². The Balaban J connectivity index is 1.82. The Morgan fingerprint density at radius 3 is 2.48 bits per heavy atom. The highest BCUT2D eigenvalue weighted by molar-refractivity contribution is 7.99. The van der Waals surface area contributed by atoms with Gasteiger partial charge in [-0.2, -0.15) is 9.50 Å². The van der Waals surface area contributed by atoms with Crippen LogP contribution in [0, 0.1) is 0 Å². The van der Waals surface area contributed by atoms with Gasteiger partial charge in [0.25, 0.3) is 11.3 Å². The van der Waals surface area contributed by atoms with Crippen molar-refractivity contribution in [2.75, 3.05) is 12.4 Å². The van der Waals surface area contributed by atoms with Crippen molar-refractivity contribution in [3.8, 4) is 0 Å². The summed E-state index contributed by atoms with van der Waals surface area (Å²) in [6.45, 7) is 4.78. The minimum absolute atomic E-state index is 0.00733. The Morgan fingerprint density at radius 2 is 1.72 bits per heavy atom. The van der Waals surface area contributed by atoms with E-state index in [2.05, 4.69) is 28.9 Å². The Bertz CT molecular complexity index is 803. The fourth-order valence-corrected chi connectivity index (χ4v) is 3.87. The summed E-state index contributed by atoms with van der Waals surface area (Å²) in [6, 6.07) is 1.37. The molecule has 8 heteroatoms. The van der Waals surface area contributed by atoms with Crippen molar-refractivity contribution in [1.29, 1.82) is 0 Å². The first kappa shape index (κ1) is 23.4. The van der Waals surface area contributed by atoms with Gasteiger partial charge in [-0.3, -0.25) is 14.7 Å². The van der Waals surface area contributed by atoms with Gasteiger partial charge in [-0.1, -0.05) is 77.0 Å². The van der Waals surface area contributed by atoms with E-state index in [4.69, 9.17) is 4.74 Å². The number of thioether (sulfide) groups is 1. The number of fused-ring (bicyclic) bond motifs is 1. The largest absolute Gasteiger partial charge is 0.465 e. The molecule has 162 valence electrons. The molecule has 2 aromatic rings. The van der Waals surface area contributed by atoms with Crippen LogP contribution in [0.5, 0.6) is 0 Å². The first-order chi connectivity index (χ1) is 14.1. The van der Waals surface area contributed by atoms with E-state index in [-0.39, 0.29) is 17.9 Å². The lowest BCUT2D eigenvalue weighted by Gasteiger charge is -2.04. The number of aromatic amines is 1. The second-order valence-electron chi connectivity index (χ2n) is 7.32. The molecule has 2 aromatic heterocycles. The highest BCUT2D eigenvalue weighted by Crippen LogP contribution is 2.16. The van der Waals surface area contributed by atoms with E-state index in [9.17, 15) is 9.59 Å². The van der Waals surface area contributed by atoms with Gasteiger partial charge in [0.05, 0.1) is 18.7 Å². The summed E-state index contributed by atoms with van der Waals surface area (Å²) in [5.74, 6) is 0.900. The molecule has 0 unspecified atom stereocenters. The van der Waals surface area contributed by atoms with E-state index in [1.807, 2.05) is 0 Å². The van der Waals surface area contributed by atoms with Gasteiger partial charge in [0.15, 0.2) is 5.16 Å². The van der Waals surface area contributed by atoms with E-state index in [0.29, 0.717) is 23.2 Å². The third kappa shape index (κ3) is 8.60. The van der Waals surface area contributed by atoms with Gasteiger partial charge in [0, 0.05) is 11.8 Å². The Hall–Kier alpha value is -1.83. The van der Waals surface area contributed by atoms with Crippen molar-refractivity contribution < 1.29 is 9.53 Å². The maximum Gasteiger partial charge on any atom is 0.311 e. The number of H-pyrrole nitrogens is 1. The summed E-state index contributed by atoms with van der Waals surface area (Å²) in [7, 11) is 0. The lowest BCUT2D eigenvalue weighted by atomic mass is 10.1. The smallest absolute Gasteiger partial charge is 0.311 e. The number of carbonyl (C=O) groups is 1. The summed E-state index contributed by atoms with van der Waals surface area (Å²) in [6.07, 6.45) is 11.7. The van der Waals surface area contributed by atoms with E-state index in [1.54, 1.807) is 11.8 Å². The number of esters is 1. The molecule has 0 aliphatic rings. The Labute approximate surface area is 177 Å². The average molecular weight is 423 g/mol. The zero-order valence-corrected chi connectivity index (χ0v) is 18.6. The maximum absolute atomic E-state index is 12.3. The first-order valence-corrected chi connectivity index (χ1v) is 11.9. The molecule has 0 amide bonds. The molecule has 0 saturated heterocycles. The number of hydrogen-bond acceptors (Lipinski definition) is 6. The summed E-state index contributed by atoms with van der Waals surface area (Å²) >= 11 is 1.60. The minimum Gasteiger partial charge on any atom is -0.465 e. The molecular formula is C21H34N4O3S. The van der Waals surface area contributed by atoms with Gasteiger partial charge >= 0.3 is 5.97 Å². The molecule has 2 rings (SSSR count).